The fourth-order valence-corrected chi connectivity index (χ4v) is 3.22. The molecule has 0 aliphatic heterocycles. The summed E-state index contributed by atoms with van der Waals surface area (Å²) in [6, 6.07) is 6.09. The molecule has 12 nitrogen and oxygen atoms in total. The molecule has 0 spiro atoms. The van der Waals surface area contributed by atoms with Gasteiger partial charge in [0, 0.05) is 19.2 Å². The van der Waals surface area contributed by atoms with E-state index in [0.29, 0.717) is 37.3 Å². The number of alkyl halides is 6. The van der Waals surface area contributed by atoms with Gasteiger partial charge in [0.25, 0.3) is 11.1 Å². The van der Waals surface area contributed by atoms with Crippen molar-refractivity contribution in [1.82, 2.24) is 28.7 Å². The van der Waals surface area contributed by atoms with Gasteiger partial charge >= 0.3 is 23.7 Å². The number of halogens is 6. The summed E-state index contributed by atoms with van der Waals surface area (Å²) in [5.74, 6) is 0.571. The van der Waals surface area contributed by atoms with Crippen LogP contribution in [0.5, 0.6) is 11.5 Å². The highest BCUT2D eigenvalue weighted by atomic mass is 19.4. The summed E-state index contributed by atoms with van der Waals surface area (Å²) in [6.07, 6.45) is -7.11. The van der Waals surface area contributed by atoms with Crippen molar-refractivity contribution in [2.75, 3.05) is 14.2 Å². The van der Waals surface area contributed by atoms with Gasteiger partial charge < -0.3 is 14.5 Å². The van der Waals surface area contributed by atoms with Crippen molar-refractivity contribution >= 4 is 0 Å². The van der Waals surface area contributed by atoms with Crippen molar-refractivity contribution in [2.24, 2.45) is 7.05 Å². The summed E-state index contributed by atoms with van der Waals surface area (Å²) in [6.45, 7) is 0. The van der Waals surface area contributed by atoms with Gasteiger partial charge in [0.05, 0.1) is 26.6 Å². The maximum atomic E-state index is 12.7. The van der Waals surface area contributed by atoms with Gasteiger partial charge in [-0.05, 0) is 24.3 Å². The van der Waals surface area contributed by atoms with Crippen LogP contribution in [0.15, 0.2) is 68.0 Å². The Kier molecular flexibility index (Phi) is 8.54. The second kappa shape index (κ2) is 11.5. The minimum atomic E-state index is -4.80. The molecule has 4 aromatic rings. The monoisotopic (exact) mass is 588 g/mol. The van der Waals surface area contributed by atoms with Crippen molar-refractivity contribution in [3.8, 4) is 23.1 Å². The highest BCUT2D eigenvalue weighted by molar-refractivity contribution is 5.30. The first-order valence-corrected chi connectivity index (χ1v) is 10.9. The van der Waals surface area contributed by atoms with Gasteiger partial charge in [-0.3, -0.25) is 14.2 Å². The summed E-state index contributed by atoms with van der Waals surface area (Å²) in [5.41, 5.74) is -7.31. The van der Waals surface area contributed by atoms with Crippen LogP contribution in [0, 0.1) is 0 Å². The lowest BCUT2D eigenvalue weighted by molar-refractivity contribution is -0.144. The Morgan fingerprint density at radius 2 is 1.22 bits per heavy atom. The Labute approximate surface area is 223 Å². The number of aromatic amines is 1. The summed E-state index contributed by atoms with van der Waals surface area (Å²) < 4.78 is 86.5. The molecular weight excluding hydrogens is 570 g/mol. The molecule has 0 radical (unpaired) electrons. The van der Waals surface area contributed by atoms with Gasteiger partial charge in [0.1, 0.15) is 34.5 Å². The Bertz CT molecular complexity index is 1740. The summed E-state index contributed by atoms with van der Waals surface area (Å²) in [5, 5.41) is 0. The smallest absolute Gasteiger partial charge is 0.431 e. The van der Waals surface area contributed by atoms with Crippen LogP contribution in [0.4, 0.5) is 26.3 Å². The van der Waals surface area contributed by atoms with E-state index in [4.69, 9.17) is 9.47 Å². The molecule has 218 valence electrons. The van der Waals surface area contributed by atoms with E-state index >= 15 is 0 Å². The van der Waals surface area contributed by atoms with Crippen molar-refractivity contribution in [3.05, 3.63) is 102 Å². The van der Waals surface area contributed by atoms with E-state index in [2.05, 4.69) is 9.97 Å². The number of rotatable bonds is 4. The normalized spacial score (nSPS) is 11.4. The van der Waals surface area contributed by atoms with Crippen LogP contribution in [0.1, 0.15) is 11.4 Å². The molecule has 0 amide bonds. The van der Waals surface area contributed by atoms with E-state index in [1.807, 2.05) is 0 Å². The lowest BCUT2D eigenvalue weighted by Crippen LogP contribution is -2.41. The first-order valence-electron chi connectivity index (χ1n) is 10.9. The lowest BCUT2D eigenvalue weighted by atomic mass is 10.3. The van der Waals surface area contributed by atoms with Gasteiger partial charge in [-0.15, -0.1) is 0 Å². The zero-order chi connectivity index (χ0) is 30.7. The number of aromatic nitrogens is 6. The van der Waals surface area contributed by atoms with Crippen molar-refractivity contribution in [3.63, 3.8) is 0 Å². The molecule has 0 aliphatic carbocycles. The van der Waals surface area contributed by atoms with Gasteiger partial charge in [0.2, 0.25) is 0 Å². The minimum Gasteiger partial charge on any atom is -0.495 e. The third-order valence-electron chi connectivity index (χ3n) is 5.22. The van der Waals surface area contributed by atoms with E-state index in [-0.39, 0.29) is 11.6 Å². The molecule has 18 heteroatoms. The quantitative estimate of drug-likeness (QED) is 0.357. The number of hydrogen-bond acceptors (Lipinski definition) is 8. The minimum absolute atomic E-state index is 0.0878. The first-order chi connectivity index (χ1) is 19.1. The molecule has 0 atom stereocenters. The number of ether oxygens (including phenoxy) is 2. The molecule has 0 saturated carbocycles. The van der Waals surface area contributed by atoms with Crippen molar-refractivity contribution < 1.29 is 35.8 Å². The first kappa shape index (κ1) is 30.4. The van der Waals surface area contributed by atoms with E-state index in [1.54, 1.807) is 4.98 Å². The summed E-state index contributed by atoms with van der Waals surface area (Å²) in [7, 11) is 3.73. The number of H-pyrrole nitrogens is 1. The third-order valence-corrected chi connectivity index (χ3v) is 5.22. The van der Waals surface area contributed by atoms with Gasteiger partial charge in [0.15, 0.2) is 0 Å². The molecule has 4 aromatic heterocycles. The molecule has 1 N–H and O–H groups in total. The number of nitrogens with one attached hydrogen (secondary N) is 1. The largest absolute Gasteiger partial charge is 0.495 e. The van der Waals surface area contributed by atoms with E-state index in [9.17, 15) is 45.5 Å². The summed E-state index contributed by atoms with van der Waals surface area (Å²) >= 11 is 0. The lowest BCUT2D eigenvalue weighted by Gasteiger charge is -2.13. The zero-order valence-electron chi connectivity index (χ0n) is 21.1. The van der Waals surface area contributed by atoms with E-state index in [1.165, 1.54) is 50.9 Å². The Morgan fingerprint density at radius 1 is 0.732 bits per heavy atom. The second-order valence-electron chi connectivity index (χ2n) is 7.81. The van der Waals surface area contributed by atoms with E-state index < -0.39 is 46.2 Å². The maximum absolute atomic E-state index is 12.7. The van der Waals surface area contributed by atoms with Crippen LogP contribution in [0.25, 0.3) is 11.6 Å². The standard InChI is InChI=1S/C12H10F3N3O3.C11H8F3N3O3/c1-17-8(12(13,14)15)5-10(19)18(11(17)20)9-4-3-7(21-2)6-16-9;1-20-6-2-3-8(15-5-6)17-9(18)4-7(11(12,13)14)16-10(17)19/h3-6H,1-2H3;2-5H,1H3,(H,16,19). The fraction of sp³-hybridized carbons (Fsp3) is 0.217. The van der Waals surface area contributed by atoms with Crippen LogP contribution in [-0.4, -0.2) is 42.9 Å². The van der Waals surface area contributed by atoms with Crippen molar-refractivity contribution in [1.29, 1.82) is 0 Å². The Balaban J connectivity index is 0.000000226. The molecule has 0 aromatic carbocycles. The van der Waals surface area contributed by atoms with Gasteiger partial charge in [-0.25, -0.2) is 28.7 Å². The van der Waals surface area contributed by atoms with Crippen molar-refractivity contribution in [2.45, 2.75) is 12.4 Å². The second-order valence-corrected chi connectivity index (χ2v) is 7.81. The van der Waals surface area contributed by atoms with E-state index in [0.717, 1.165) is 7.05 Å². The highest BCUT2D eigenvalue weighted by Gasteiger charge is 2.35. The number of pyridine rings is 2. The SMILES string of the molecule is COc1ccc(-n2c(=O)cc(C(F)(F)F)[nH]c2=O)nc1.COc1ccc(-n2c(=O)cc(C(F)(F)F)n(C)c2=O)nc1. The molecule has 0 aliphatic rings. The highest BCUT2D eigenvalue weighted by Crippen LogP contribution is 2.27. The predicted octanol–water partition coefficient (Wildman–Crippen LogP) is 1.91. The third kappa shape index (κ3) is 6.71. The van der Waals surface area contributed by atoms with Crippen LogP contribution >= 0.6 is 0 Å². The number of nitrogens with zero attached hydrogens (tertiary/aromatic N) is 5. The van der Waals surface area contributed by atoms with Gasteiger partial charge in [-0.2, -0.15) is 26.3 Å². The Morgan fingerprint density at radius 3 is 1.61 bits per heavy atom. The van der Waals surface area contributed by atoms with Crippen LogP contribution < -0.4 is 32.0 Å². The average molecular weight is 588 g/mol. The predicted molar refractivity (Wildman–Crippen MR) is 129 cm³/mol. The van der Waals surface area contributed by atoms with Gasteiger partial charge in [-0.1, -0.05) is 0 Å². The maximum Gasteiger partial charge on any atom is 0.431 e. The average Bonchev–Trinajstić information content (AvgIpc) is 2.90. The number of methoxy groups -OCH3 is 2. The summed E-state index contributed by atoms with van der Waals surface area (Å²) in [4.78, 5) is 56.2. The molecule has 0 saturated heterocycles. The molecule has 0 bridgehead atoms. The molecule has 0 unspecified atom stereocenters. The molecule has 4 rings (SSSR count). The van der Waals surface area contributed by atoms with Crippen LogP contribution in [-0.2, 0) is 19.4 Å². The zero-order valence-corrected chi connectivity index (χ0v) is 21.1. The fourth-order valence-electron chi connectivity index (χ4n) is 3.22. The Hall–Kier alpha value is -5.16. The number of hydrogen-bond donors (Lipinski definition) is 1. The molecule has 41 heavy (non-hydrogen) atoms. The van der Waals surface area contributed by atoms with Crippen LogP contribution in [0.2, 0.25) is 0 Å². The molecule has 4 heterocycles. The molecule has 0 fully saturated rings. The van der Waals surface area contributed by atoms with Crippen LogP contribution in [0.3, 0.4) is 0 Å². The molecular formula is C23H18F6N6O6. The topological polar surface area (TPSA) is 143 Å².